The highest BCUT2D eigenvalue weighted by atomic mass is 32.2. The van der Waals surface area contributed by atoms with E-state index < -0.39 is 0 Å². The molecule has 0 aromatic carbocycles. The number of hydrogen-bond acceptors (Lipinski definition) is 4. The third-order valence-corrected chi connectivity index (χ3v) is 5.35. The van der Waals surface area contributed by atoms with Crippen LogP contribution in [-0.4, -0.2) is 53.7 Å². The fourth-order valence-electron chi connectivity index (χ4n) is 2.09. The highest BCUT2D eigenvalue weighted by molar-refractivity contribution is 8.01. The Labute approximate surface area is 108 Å². The van der Waals surface area contributed by atoms with Crippen LogP contribution < -0.4 is 5.73 Å². The summed E-state index contributed by atoms with van der Waals surface area (Å²) < 4.78 is 5.31. The zero-order valence-corrected chi connectivity index (χ0v) is 12.0. The van der Waals surface area contributed by atoms with Gasteiger partial charge in [-0.15, -0.1) is 0 Å². The molecule has 1 unspecified atom stereocenters. The second-order valence-electron chi connectivity index (χ2n) is 4.41. The molecule has 0 aromatic heterocycles. The lowest BCUT2D eigenvalue weighted by Gasteiger charge is -2.40. The van der Waals surface area contributed by atoms with Gasteiger partial charge >= 0.3 is 0 Å². The maximum Gasteiger partial charge on any atom is 0.0891 e. The van der Waals surface area contributed by atoms with Crippen LogP contribution in [0.15, 0.2) is 0 Å². The normalized spacial score (nSPS) is 22.9. The SMILES string of the molecule is COC(C)CN1CCC(SC)(C(N)=S)CC1. The number of methoxy groups -OCH3 is 1. The van der Waals surface area contributed by atoms with E-state index in [1.165, 1.54) is 0 Å². The maximum absolute atomic E-state index is 5.85. The number of nitrogens with zero attached hydrogens (tertiary/aromatic N) is 1. The van der Waals surface area contributed by atoms with Gasteiger partial charge in [0.25, 0.3) is 0 Å². The summed E-state index contributed by atoms with van der Waals surface area (Å²) in [6.07, 6.45) is 4.51. The largest absolute Gasteiger partial charge is 0.392 e. The van der Waals surface area contributed by atoms with E-state index in [1.54, 1.807) is 18.9 Å². The molecular weight excluding hydrogens is 240 g/mol. The molecule has 1 aliphatic rings. The lowest BCUT2D eigenvalue weighted by Crippen LogP contribution is -2.50. The van der Waals surface area contributed by atoms with Crippen LogP contribution in [0, 0.1) is 0 Å². The molecule has 2 N–H and O–H groups in total. The summed E-state index contributed by atoms with van der Waals surface area (Å²) in [5.74, 6) is 0. The van der Waals surface area contributed by atoms with Crippen molar-refractivity contribution in [2.24, 2.45) is 5.73 Å². The summed E-state index contributed by atoms with van der Waals surface area (Å²) in [5.41, 5.74) is 5.85. The molecule has 0 aromatic rings. The molecule has 1 heterocycles. The Morgan fingerprint density at radius 3 is 2.50 bits per heavy atom. The van der Waals surface area contributed by atoms with Gasteiger partial charge in [0.15, 0.2) is 0 Å². The predicted molar refractivity (Wildman–Crippen MR) is 75.2 cm³/mol. The summed E-state index contributed by atoms with van der Waals surface area (Å²) >= 11 is 6.99. The molecule has 1 atom stereocenters. The molecule has 0 spiro atoms. The molecule has 1 saturated heterocycles. The third kappa shape index (κ3) is 3.32. The molecule has 1 aliphatic heterocycles. The van der Waals surface area contributed by atoms with Crippen LogP contribution >= 0.6 is 24.0 Å². The van der Waals surface area contributed by atoms with E-state index in [0.29, 0.717) is 11.1 Å². The highest BCUT2D eigenvalue weighted by Crippen LogP contribution is 2.34. The first kappa shape index (κ1) is 14.2. The Bertz CT molecular complexity index is 240. The monoisotopic (exact) mass is 262 g/mol. The van der Waals surface area contributed by atoms with Crippen molar-refractivity contribution in [2.45, 2.75) is 30.6 Å². The molecule has 0 saturated carbocycles. The van der Waals surface area contributed by atoms with E-state index in [1.807, 2.05) is 0 Å². The Balaban J connectivity index is 2.46. The summed E-state index contributed by atoms with van der Waals surface area (Å²) in [4.78, 5) is 3.10. The summed E-state index contributed by atoms with van der Waals surface area (Å²) in [6, 6.07) is 0. The number of ether oxygens (including phenoxy) is 1. The standard InChI is InChI=1S/C11H22N2OS2/c1-9(14-2)8-13-6-4-11(16-3,5-7-13)10(12)15/h9H,4-8H2,1-3H3,(H2,12,15). The smallest absolute Gasteiger partial charge is 0.0891 e. The van der Waals surface area contributed by atoms with Crippen LogP contribution in [0.1, 0.15) is 19.8 Å². The van der Waals surface area contributed by atoms with E-state index in [9.17, 15) is 0 Å². The van der Waals surface area contributed by atoms with Crippen molar-refractivity contribution >= 4 is 29.0 Å². The molecule has 0 amide bonds. The number of piperidine rings is 1. The predicted octanol–water partition coefficient (Wildman–Crippen LogP) is 1.50. The molecule has 16 heavy (non-hydrogen) atoms. The van der Waals surface area contributed by atoms with Gasteiger partial charge in [0.2, 0.25) is 0 Å². The quantitative estimate of drug-likeness (QED) is 0.760. The maximum atomic E-state index is 5.85. The molecular formula is C11H22N2OS2. The van der Waals surface area contributed by atoms with Gasteiger partial charge in [-0.1, -0.05) is 12.2 Å². The fraction of sp³-hybridized carbons (Fsp3) is 0.909. The Hall–Kier alpha value is 0.160. The van der Waals surface area contributed by atoms with Gasteiger partial charge in [-0.2, -0.15) is 11.8 Å². The number of hydrogen-bond donors (Lipinski definition) is 1. The Morgan fingerprint density at radius 2 is 2.12 bits per heavy atom. The average Bonchev–Trinajstić information content (AvgIpc) is 2.29. The van der Waals surface area contributed by atoms with Gasteiger partial charge in [-0.25, -0.2) is 0 Å². The summed E-state index contributed by atoms with van der Waals surface area (Å²) in [7, 11) is 1.76. The first-order valence-electron chi connectivity index (χ1n) is 5.64. The topological polar surface area (TPSA) is 38.5 Å². The third-order valence-electron chi connectivity index (χ3n) is 3.42. The number of nitrogens with two attached hydrogens (primary N) is 1. The summed E-state index contributed by atoms with van der Waals surface area (Å²) in [6.45, 7) is 5.22. The number of likely N-dealkylation sites (tertiary alicyclic amines) is 1. The molecule has 3 nitrogen and oxygen atoms in total. The first-order valence-corrected chi connectivity index (χ1v) is 7.27. The van der Waals surface area contributed by atoms with Crippen LogP contribution in [0.3, 0.4) is 0 Å². The number of thiocarbonyl (C=S) groups is 1. The lowest BCUT2D eigenvalue weighted by atomic mass is 9.95. The molecule has 1 fully saturated rings. The van der Waals surface area contributed by atoms with Gasteiger partial charge in [-0.3, -0.25) is 0 Å². The van der Waals surface area contributed by atoms with Crippen molar-refractivity contribution in [1.29, 1.82) is 0 Å². The molecule has 0 radical (unpaired) electrons. The molecule has 94 valence electrons. The van der Waals surface area contributed by atoms with Crippen LogP contribution in [0.4, 0.5) is 0 Å². The van der Waals surface area contributed by atoms with Crippen molar-refractivity contribution < 1.29 is 4.74 Å². The van der Waals surface area contributed by atoms with Gasteiger partial charge in [0.1, 0.15) is 0 Å². The molecule has 0 bridgehead atoms. The lowest BCUT2D eigenvalue weighted by molar-refractivity contribution is 0.0687. The van der Waals surface area contributed by atoms with Crippen LogP contribution in [0.2, 0.25) is 0 Å². The van der Waals surface area contributed by atoms with Crippen molar-refractivity contribution in [3.05, 3.63) is 0 Å². The van der Waals surface area contributed by atoms with E-state index >= 15 is 0 Å². The van der Waals surface area contributed by atoms with Crippen molar-refractivity contribution in [3.8, 4) is 0 Å². The van der Waals surface area contributed by atoms with Crippen LogP contribution in [0.25, 0.3) is 0 Å². The van der Waals surface area contributed by atoms with E-state index in [0.717, 1.165) is 32.5 Å². The molecule has 0 aliphatic carbocycles. The minimum atomic E-state index is 0.0299. The van der Waals surface area contributed by atoms with Crippen molar-refractivity contribution in [1.82, 2.24) is 4.90 Å². The first-order chi connectivity index (χ1) is 7.54. The van der Waals surface area contributed by atoms with E-state index in [4.69, 9.17) is 22.7 Å². The summed E-state index contributed by atoms with van der Waals surface area (Å²) in [5, 5.41) is 0. The van der Waals surface area contributed by atoms with Gasteiger partial charge in [0.05, 0.1) is 15.8 Å². The Morgan fingerprint density at radius 1 is 1.56 bits per heavy atom. The second kappa shape index (κ2) is 6.19. The molecule has 1 rings (SSSR count). The highest BCUT2D eigenvalue weighted by Gasteiger charge is 2.36. The van der Waals surface area contributed by atoms with Crippen LogP contribution in [0.5, 0.6) is 0 Å². The van der Waals surface area contributed by atoms with Gasteiger partial charge < -0.3 is 15.4 Å². The Kier molecular flexibility index (Phi) is 5.50. The zero-order valence-electron chi connectivity index (χ0n) is 10.4. The number of rotatable bonds is 5. The van der Waals surface area contributed by atoms with Crippen molar-refractivity contribution in [3.63, 3.8) is 0 Å². The molecule has 5 heteroatoms. The fourth-order valence-corrected chi connectivity index (χ4v) is 3.33. The minimum Gasteiger partial charge on any atom is -0.392 e. The van der Waals surface area contributed by atoms with Gasteiger partial charge in [-0.05, 0) is 39.1 Å². The van der Waals surface area contributed by atoms with Crippen molar-refractivity contribution in [2.75, 3.05) is 33.0 Å². The van der Waals surface area contributed by atoms with Crippen LogP contribution in [-0.2, 0) is 4.74 Å². The van der Waals surface area contributed by atoms with Gasteiger partial charge in [0, 0.05) is 13.7 Å². The second-order valence-corrected chi connectivity index (χ2v) is 6.04. The van der Waals surface area contributed by atoms with E-state index in [2.05, 4.69) is 18.1 Å². The van der Waals surface area contributed by atoms with E-state index in [-0.39, 0.29) is 4.75 Å². The zero-order chi connectivity index (χ0) is 12.2. The minimum absolute atomic E-state index is 0.0299. The average molecular weight is 262 g/mol. The number of thioether (sulfide) groups is 1.